The Morgan fingerprint density at radius 2 is 2.06 bits per heavy atom. The predicted octanol–water partition coefficient (Wildman–Crippen LogP) is 2.21. The minimum Gasteiger partial charge on any atom is -0.496 e. The van der Waals surface area contributed by atoms with Gasteiger partial charge in [0.1, 0.15) is 5.75 Å². The van der Waals surface area contributed by atoms with Crippen molar-refractivity contribution in [1.82, 2.24) is 0 Å². The van der Waals surface area contributed by atoms with Crippen molar-refractivity contribution in [2.75, 3.05) is 32.2 Å². The number of benzene rings is 1. The molecule has 3 nitrogen and oxygen atoms in total. The lowest BCUT2D eigenvalue weighted by atomic mass is 10.2. The lowest BCUT2D eigenvalue weighted by Gasteiger charge is -2.20. The molecule has 0 radical (unpaired) electrons. The Labute approximate surface area is 97.7 Å². The lowest BCUT2D eigenvalue weighted by molar-refractivity contribution is 0.285. The van der Waals surface area contributed by atoms with Crippen molar-refractivity contribution >= 4 is 5.69 Å². The number of hydrogen-bond acceptors (Lipinski definition) is 3. The molecule has 16 heavy (non-hydrogen) atoms. The molecule has 0 unspecified atom stereocenters. The van der Waals surface area contributed by atoms with Crippen molar-refractivity contribution in [1.29, 1.82) is 0 Å². The quantitative estimate of drug-likeness (QED) is 0.751. The van der Waals surface area contributed by atoms with Gasteiger partial charge in [-0.15, -0.1) is 0 Å². The first-order valence-corrected chi connectivity index (χ1v) is 5.65. The molecule has 0 atom stereocenters. The van der Waals surface area contributed by atoms with Gasteiger partial charge in [-0.2, -0.15) is 0 Å². The molecule has 0 saturated heterocycles. The highest BCUT2D eigenvalue weighted by atomic mass is 16.5. The topological polar surface area (TPSA) is 32.7 Å². The van der Waals surface area contributed by atoms with E-state index in [1.165, 1.54) is 5.69 Å². The first-order valence-electron chi connectivity index (χ1n) is 5.65. The number of rotatable bonds is 6. The highest BCUT2D eigenvalue weighted by molar-refractivity contribution is 5.52. The zero-order valence-corrected chi connectivity index (χ0v) is 10.4. The van der Waals surface area contributed by atoms with E-state index in [1.807, 2.05) is 13.0 Å². The maximum atomic E-state index is 8.73. The van der Waals surface area contributed by atoms with Crippen LogP contribution in [0.15, 0.2) is 18.2 Å². The van der Waals surface area contributed by atoms with Crippen molar-refractivity contribution in [3.63, 3.8) is 0 Å². The van der Waals surface area contributed by atoms with Gasteiger partial charge in [0.15, 0.2) is 0 Å². The van der Waals surface area contributed by atoms with Crippen LogP contribution in [0, 0.1) is 6.92 Å². The minimum absolute atomic E-state index is 0.273. The van der Waals surface area contributed by atoms with E-state index in [1.54, 1.807) is 7.11 Å². The third-order valence-electron chi connectivity index (χ3n) is 2.72. The molecule has 0 saturated carbocycles. The second-order valence-electron chi connectivity index (χ2n) is 4.01. The summed E-state index contributed by atoms with van der Waals surface area (Å²) in [5, 5.41) is 8.73. The highest BCUT2D eigenvalue weighted by Crippen LogP contribution is 2.23. The molecule has 0 fully saturated rings. The van der Waals surface area contributed by atoms with Crippen molar-refractivity contribution in [3.05, 3.63) is 23.8 Å². The summed E-state index contributed by atoms with van der Waals surface area (Å²) < 4.78 is 5.23. The summed E-state index contributed by atoms with van der Waals surface area (Å²) in [4.78, 5) is 2.20. The average molecular weight is 223 g/mol. The number of aliphatic hydroxyl groups excluding tert-OH is 1. The summed E-state index contributed by atoms with van der Waals surface area (Å²) in [7, 11) is 3.76. The Morgan fingerprint density at radius 3 is 2.62 bits per heavy atom. The van der Waals surface area contributed by atoms with Crippen LogP contribution in [0.2, 0.25) is 0 Å². The van der Waals surface area contributed by atoms with E-state index >= 15 is 0 Å². The SMILES string of the molecule is COc1ccc(N(C)CCCCO)cc1C. The molecule has 0 aromatic heterocycles. The molecule has 0 bridgehead atoms. The maximum absolute atomic E-state index is 8.73. The van der Waals surface area contributed by atoms with Gasteiger partial charge in [-0.25, -0.2) is 0 Å². The van der Waals surface area contributed by atoms with Crippen molar-refractivity contribution < 1.29 is 9.84 Å². The molecule has 1 aromatic carbocycles. The number of aliphatic hydroxyl groups is 1. The van der Waals surface area contributed by atoms with Crippen LogP contribution in [0.5, 0.6) is 5.75 Å². The predicted molar refractivity (Wildman–Crippen MR) is 67.3 cm³/mol. The van der Waals surface area contributed by atoms with Gasteiger partial charge in [0.2, 0.25) is 0 Å². The van der Waals surface area contributed by atoms with Gasteiger partial charge in [-0.05, 0) is 43.5 Å². The molecule has 0 aliphatic carbocycles. The molecule has 0 heterocycles. The van der Waals surface area contributed by atoms with Crippen LogP contribution in [0.1, 0.15) is 18.4 Å². The van der Waals surface area contributed by atoms with Crippen LogP contribution in [-0.4, -0.2) is 32.4 Å². The summed E-state index contributed by atoms with van der Waals surface area (Å²) in [5.74, 6) is 0.924. The molecule has 1 rings (SSSR count). The van der Waals surface area contributed by atoms with Crippen molar-refractivity contribution in [2.45, 2.75) is 19.8 Å². The van der Waals surface area contributed by atoms with Crippen LogP contribution in [0.25, 0.3) is 0 Å². The Kier molecular flexibility index (Phi) is 5.12. The van der Waals surface area contributed by atoms with E-state index in [4.69, 9.17) is 9.84 Å². The van der Waals surface area contributed by atoms with Gasteiger partial charge < -0.3 is 14.7 Å². The van der Waals surface area contributed by atoms with Crippen LogP contribution < -0.4 is 9.64 Å². The van der Waals surface area contributed by atoms with E-state index in [0.717, 1.165) is 30.7 Å². The summed E-state index contributed by atoms with van der Waals surface area (Å²) >= 11 is 0. The Balaban J connectivity index is 2.62. The van der Waals surface area contributed by atoms with Crippen LogP contribution in [0.4, 0.5) is 5.69 Å². The van der Waals surface area contributed by atoms with E-state index in [0.29, 0.717) is 0 Å². The van der Waals surface area contributed by atoms with Gasteiger partial charge in [0.25, 0.3) is 0 Å². The molecule has 90 valence electrons. The minimum atomic E-state index is 0.273. The Hall–Kier alpha value is -1.22. The molecule has 0 spiro atoms. The molecule has 0 aliphatic heterocycles. The average Bonchev–Trinajstić information content (AvgIpc) is 2.29. The molecule has 0 amide bonds. The molecule has 1 aromatic rings. The second kappa shape index (κ2) is 6.38. The maximum Gasteiger partial charge on any atom is 0.121 e. The molecular weight excluding hydrogens is 202 g/mol. The fraction of sp³-hybridized carbons (Fsp3) is 0.538. The summed E-state index contributed by atoms with van der Waals surface area (Å²) in [6.07, 6.45) is 1.87. The molecule has 1 N–H and O–H groups in total. The number of nitrogens with zero attached hydrogens (tertiary/aromatic N) is 1. The number of ether oxygens (including phenoxy) is 1. The van der Waals surface area contributed by atoms with Gasteiger partial charge in [0, 0.05) is 25.9 Å². The molecule has 3 heteroatoms. The Morgan fingerprint density at radius 1 is 1.31 bits per heavy atom. The number of methoxy groups -OCH3 is 1. The van der Waals surface area contributed by atoms with Crippen LogP contribution in [0.3, 0.4) is 0 Å². The van der Waals surface area contributed by atoms with Gasteiger partial charge in [-0.3, -0.25) is 0 Å². The number of hydrogen-bond donors (Lipinski definition) is 1. The monoisotopic (exact) mass is 223 g/mol. The number of unbranched alkanes of at least 4 members (excludes halogenated alkanes) is 1. The molecular formula is C13H21NO2. The lowest BCUT2D eigenvalue weighted by Crippen LogP contribution is -2.18. The standard InChI is InChI=1S/C13H21NO2/c1-11-10-12(6-7-13(11)16-3)14(2)8-4-5-9-15/h6-7,10,15H,4-5,8-9H2,1-3H3. The molecule has 0 aliphatic rings. The fourth-order valence-corrected chi connectivity index (χ4v) is 1.69. The largest absolute Gasteiger partial charge is 0.496 e. The van der Waals surface area contributed by atoms with Crippen LogP contribution in [-0.2, 0) is 0 Å². The number of aryl methyl sites for hydroxylation is 1. The fourth-order valence-electron chi connectivity index (χ4n) is 1.69. The van der Waals surface area contributed by atoms with Crippen molar-refractivity contribution in [2.24, 2.45) is 0 Å². The van der Waals surface area contributed by atoms with E-state index < -0.39 is 0 Å². The Bertz CT molecular complexity index is 326. The van der Waals surface area contributed by atoms with Gasteiger partial charge in [0.05, 0.1) is 7.11 Å². The highest BCUT2D eigenvalue weighted by Gasteiger charge is 2.03. The van der Waals surface area contributed by atoms with E-state index in [-0.39, 0.29) is 6.61 Å². The third kappa shape index (κ3) is 3.42. The zero-order chi connectivity index (χ0) is 12.0. The second-order valence-corrected chi connectivity index (χ2v) is 4.01. The van der Waals surface area contributed by atoms with Gasteiger partial charge >= 0.3 is 0 Å². The first kappa shape index (κ1) is 12.8. The van der Waals surface area contributed by atoms with Crippen molar-refractivity contribution in [3.8, 4) is 5.75 Å². The normalized spacial score (nSPS) is 10.2. The van der Waals surface area contributed by atoms with E-state index in [9.17, 15) is 0 Å². The summed E-state index contributed by atoms with van der Waals surface area (Å²) in [6.45, 7) is 3.28. The van der Waals surface area contributed by atoms with E-state index in [2.05, 4.69) is 24.1 Å². The zero-order valence-electron chi connectivity index (χ0n) is 10.4. The van der Waals surface area contributed by atoms with Gasteiger partial charge in [-0.1, -0.05) is 0 Å². The van der Waals surface area contributed by atoms with Crippen LogP contribution >= 0.6 is 0 Å². The number of anilines is 1. The first-order chi connectivity index (χ1) is 7.69. The smallest absolute Gasteiger partial charge is 0.121 e. The summed E-state index contributed by atoms with van der Waals surface area (Å²) in [5.41, 5.74) is 2.34. The summed E-state index contributed by atoms with van der Waals surface area (Å²) in [6, 6.07) is 6.18. The third-order valence-corrected chi connectivity index (χ3v) is 2.72.